The lowest BCUT2D eigenvalue weighted by molar-refractivity contribution is 0.0917. The molecule has 1 amide bonds. The Morgan fingerprint density at radius 3 is 3.00 bits per heavy atom. The van der Waals surface area contributed by atoms with Crippen molar-refractivity contribution in [2.75, 3.05) is 11.9 Å². The second-order valence-electron chi connectivity index (χ2n) is 4.43. The fraction of sp³-hybridized carbons (Fsp3) is 0.538. The molecule has 0 saturated heterocycles. The van der Waals surface area contributed by atoms with Crippen molar-refractivity contribution in [1.82, 2.24) is 10.3 Å². The fourth-order valence-corrected chi connectivity index (χ4v) is 1.79. The summed E-state index contributed by atoms with van der Waals surface area (Å²) >= 11 is 0. The number of pyridine rings is 1. The molecule has 0 bridgehead atoms. The lowest BCUT2D eigenvalue weighted by Gasteiger charge is -2.26. The average molecular weight is 233 g/mol. The summed E-state index contributed by atoms with van der Waals surface area (Å²) in [6, 6.07) is 3.98. The highest BCUT2D eigenvalue weighted by Gasteiger charge is 2.21. The topological polar surface area (TPSA) is 54.0 Å². The molecule has 0 atom stereocenters. The van der Waals surface area contributed by atoms with E-state index < -0.39 is 0 Å². The summed E-state index contributed by atoms with van der Waals surface area (Å²) in [6.07, 6.45) is 6.14. The van der Waals surface area contributed by atoms with Gasteiger partial charge in [0.05, 0.1) is 5.56 Å². The highest BCUT2D eigenvalue weighted by Crippen LogP contribution is 2.19. The van der Waals surface area contributed by atoms with E-state index in [0.29, 0.717) is 17.4 Å². The van der Waals surface area contributed by atoms with E-state index in [1.807, 2.05) is 6.07 Å². The lowest BCUT2D eigenvalue weighted by atomic mass is 9.93. The first-order valence-electron chi connectivity index (χ1n) is 6.31. The average Bonchev–Trinajstić information content (AvgIpc) is 2.31. The highest BCUT2D eigenvalue weighted by molar-refractivity contribution is 5.98. The van der Waals surface area contributed by atoms with Crippen LogP contribution in [0.25, 0.3) is 0 Å². The molecule has 1 heterocycles. The van der Waals surface area contributed by atoms with Crippen molar-refractivity contribution in [2.45, 2.75) is 38.6 Å². The smallest absolute Gasteiger partial charge is 0.255 e. The number of hydrogen-bond acceptors (Lipinski definition) is 3. The van der Waals surface area contributed by atoms with Crippen LogP contribution in [-0.4, -0.2) is 23.5 Å². The monoisotopic (exact) mass is 233 g/mol. The minimum Gasteiger partial charge on any atom is -0.369 e. The lowest BCUT2D eigenvalue weighted by Crippen LogP contribution is -2.39. The van der Waals surface area contributed by atoms with Crippen LogP contribution in [0.4, 0.5) is 5.82 Å². The number of carbonyl (C=O) groups excluding carboxylic acids is 1. The molecule has 1 fully saturated rings. The number of aromatic nitrogens is 1. The van der Waals surface area contributed by atoms with Gasteiger partial charge in [0.25, 0.3) is 5.91 Å². The third-order valence-electron chi connectivity index (χ3n) is 3.04. The number of carbonyl (C=O) groups is 1. The van der Waals surface area contributed by atoms with Crippen molar-refractivity contribution < 1.29 is 4.79 Å². The van der Waals surface area contributed by atoms with Crippen LogP contribution in [0, 0.1) is 0 Å². The molecule has 0 radical (unpaired) electrons. The third kappa shape index (κ3) is 2.96. The molecule has 1 aliphatic rings. The van der Waals surface area contributed by atoms with Gasteiger partial charge in [0, 0.05) is 18.8 Å². The number of nitrogens with zero attached hydrogens (tertiary/aromatic N) is 1. The van der Waals surface area contributed by atoms with E-state index in [-0.39, 0.29) is 5.91 Å². The SMILES string of the molecule is CCCNc1ncccc1C(=O)NC1CCC1. The number of amides is 1. The quantitative estimate of drug-likeness (QED) is 0.819. The third-order valence-corrected chi connectivity index (χ3v) is 3.04. The van der Waals surface area contributed by atoms with E-state index in [2.05, 4.69) is 22.5 Å². The molecular formula is C13H19N3O. The van der Waals surface area contributed by atoms with Crippen LogP contribution >= 0.6 is 0 Å². The van der Waals surface area contributed by atoms with Crippen molar-refractivity contribution in [3.63, 3.8) is 0 Å². The summed E-state index contributed by atoms with van der Waals surface area (Å²) < 4.78 is 0. The maximum absolute atomic E-state index is 12.0. The summed E-state index contributed by atoms with van der Waals surface area (Å²) in [4.78, 5) is 16.3. The molecule has 1 aliphatic carbocycles. The predicted molar refractivity (Wildman–Crippen MR) is 68.1 cm³/mol. The molecule has 2 rings (SSSR count). The van der Waals surface area contributed by atoms with E-state index in [0.717, 1.165) is 25.8 Å². The summed E-state index contributed by atoms with van der Waals surface area (Å²) in [5.74, 6) is 0.674. The maximum atomic E-state index is 12.0. The second-order valence-corrected chi connectivity index (χ2v) is 4.43. The molecule has 92 valence electrons. The van der Waals surface area contributed by atoms with Crippen LogP contribution < -0.4 is 10.6 Å². The van der Waals surface area contributed by atoms with Gasteiger partial charge in [-0.25, -0.2) is 4.98 Å². The molecule has 0 spiro atoms. The molecule has 4 heteroatoms. The van der Waals surface area contributed by atoms with Crippen molar-refractivity contribution in [1.29, 1.82) is 0 Å². The van der Waals surface area contributed by atoms with Gasteiger partial charge in [0.1, 0.15) is 5.82 Å². The van der Waals surface area contributed by atoms with Gasteiger partial charge < -0.3 is 10.6 Å². The molecule has 1 aromatic heterocycles. The summed E-state index contributed by atoms with van der Waals surface area (Å²) in [5, 5.41) is 6.21. The van der Waals surface area contributed by atoms with E-state index in [1.54, 1.807) is 12.3 Å². The molecule has 17 heavy (non-hydrogen) atoms. The molecule has 1 aromatic rings. The highest BCUT2D eigenvalue weighted by atomic mass is 16.1. The zero-order chi connectivity index (χ0) is 12.1. The number of anilines is 1. The Morgan fingerprint density at radius 1 is 1.53 bits per heavy atom. The van der Waals surface area contributed by atoms with E-state index in [1.165, 1.54) is 6.42 Å². The van der Waals surface area contributed by atoms with Crippen LogP contribution in [0.1, 0.15) is 43.0 Å². The Bertz CT molecular complexity index is 388. The molecular weight excluding hydrogens is 214 g/mol. The zero-order valence-electron chi connectivity index (χ0n) is 10.2. The Kier molecular flexibility index (Phi) is 3.96. The van der Waals surface area contributed by atoms with Gasteiger partial charge in [0.2, 0.25) is 0 Å². The molecule has 1 saturated carbocycles. The van der Waals surface area contributed by atoms with Gasteiger partial charge >= 0.3 is 0 Å². The van der Waals surface area contributed by atoms with Crippen molar-refractivity contribution in [3.05, 3.63) is 23.9 Å². The van der Waals surface area contributed by atoms with Gasteiger partial charge in [-0.2, -0.15) is 0 Å². The standard InChI is InChI=1S/C13H19N3O/c1-2-8-14-12-11(7-4-9-15-12)13(17)16-10-5-3-6-10/h4,7,9-10H,2-3,5-6,8H2,1H3,(H,14,15)(H,16,17). The first kappa shape index (κ1) is 11.9. The molecule has 0 unspecified atom stereocenters. The van der Waals surface area contributed by atoms with Crippen LogP contribution in [0.5, 0.6) is 0 Å². The molecule has 0 aromatic carbocycles. The van der Waals surface area contributed by atoms with Crippen LogP contribution in [0.15, 0.2) is 18.3 Å². The number of nitrogens with one attached hydrogen (secondary N) is 2. The Balaban J connectivity index is 2.04. The summed E-state index contributed by atoms with van der Waals surface area (Å²) in [6.45, 7) is 2.92. The minimum atomic E-state index is -0.0126. The Morgan fingerprint density at radius 2 is 2.35 bits per heavy atom. The van der Waals surface area contributed by atoms with Gasteiger partial charge in [0.15, 0.2) is 0 Å². The van der Waals surface area contributed by atoms with Crippen LogP contribution in [0.3, 0.4) is 0 Å². The van der Waals surface area contributed by atoms with Crippen LogP contribution in [-0.2, 0) is 0 Å². The second kappa shape index (κ2) is 5.66. The molecule has 0 aliphatic heterocycles. The van der Waals surface area contributed by atoms with Gasteiger partial charge in [-0.1, -0.05) is 6.92 Å². The predicted octanol–water partition coefficient (Wildman–Crippen LogP) is 2.19. The number of rotatable bonds is 5. The molecule has 2 N–H and O–H groups in total. The van der Waals surface area contributed by atoms with E-state index in [9.17, 15) is 4.79 Å². The zero-order valence-corrected chi connectivity index (χ0v) is 10.2. The fourth-order valence-electron chi connectivity index (χ4n) is 1.79. The van der Waals surface area contributed by atoms with Gasteiger partial charge in [-0.05, 0) is 37.8 Å². The summed E-state index contributed by atoms with van der Waals surface area (Å²) in [7, 11) is 0. The van der Waals surface area contributed by atoms with Gasteiger partial charge in [-0.3, -0.25) is 4.79 Å². The Labute approximate surface area is 102 Å². The Hall–Kier alpha value is -1.58. The van der Waals surface area contributed by atoms with E-state index >= 15 is 0 Å². The summed E-state index contributed by atoms with van der Waals surface area (Å²) in [5.41, 5.74) is 0.646. The van der Waals surface area contributed by atoms with E-state index in [4.69, 9.17) is 0 Å². The van der Waals surface area contributed by atoms with Crippen molar-refractivity contribution >= 4 is 11.7 Å². The van der Waals surface area contributed by atoms with Gasteiger partial charge in [-0.15, -0.1) is 0 Å². The first-order chi connectivity index (χ1) is 8.31. The van der Waals surface area contributed by atoms with Crippen LogP contribution in [0.2, 0.25) is 0 Å². The first-order valence-corrected chi connectivity index (χ1v) is 6.31. The largest absolute Gasteiger partial charge is 0.369 e. The van der Waals surface area contributed by atoms with Crippen molar-refractivity contribution in [3.8, 4) is 0 Å². The maximum Gasteiger partial charge on any atom is 0.255 e. The molecule has 4 nitrogen and oxygen atoms in total. The van der Waals surface area contributed by atoms with Crippen molar-refractivity contribution in [2.24, 2.45) is 0 Å². The minimum absolute atomic E-state index is 0.0126. The normalized spacial score (nSPS) is 15.1. The number of hydrogen-bond donors (Lipinski definition) is 2.